The average Bonchev–Trinajstić information content (AvgIpc) is 1.01. The normalized spacial score (nSPS) is 14.1. The molecule has 0 amide bonds. The maximum Gasteiger partial charge on any atom is 0.472 e. The number of hydrogen-bond donors (Lipinski definition) is 3. The molecule has 0 aliphatic heterocycles. The molecule has 0 radical (unpaired) electrons. The number of phosphoric acid groups is 2. The number of allylic oxidation sites excluding steroid dienone is 4. The standard InChI is InChI=1S/C80H152O17P2/c1-7-9-11-13-15-17-19-21-23-24-25-27-29-33-39-46-52-58-64-79(84)96-75(68-90-77(82)62-56-50-44-38-32-28-26-22-20-18-16-14-12-10-8-2)70-94-98(86,87)92-66-74(81)67-93-99(88,89)95-71-76(69-91-78(83)63-57-51-45-41-35-37-43-49-55-61-73(5)6)97-80(85)65-59-53-47-40-34-30-31-36-42-48-54-60-72(3)4/h18,20,22,26,72-76,81H,7-17,19,21,23-25,27-71H2,1-6H3,(H,86,87)(H,88,89)/b20-18-,26-22-/t74-,75-,76-/m1/s1. The van der Waals surface area contributed by atoms with Crippen LogP contribution < -0.4 is 0 Å². The van der Waals surface area contributed by atoms with Crippen molar-refractivity contribution in [2.75, 3.05) is 39.6 Å². The van der Waals surface area contributed by atoms with E-state index in [0.717, 1.165) is 121 Å². The third-order valence-electron chi connectivity index (χ3n) is 18.1. The van der Waals surface area contributed by atoms with E-state index in [2.05, 4.69) is 65.8 Å². The molecule has 0 aliphatic rings. The van der Waals surface area contributed by atoms with Crippen molar-refractivity contribution in [2.45, 2.75) is 413 Å². The van der Waals surface area contributed by atoms with E-state index in [4.69, 9.17) is 37.0 Å². The van der Waals surface area contributed by atoms with Crippen LogP contribution >= 0.6 is 15.6 Å². The lowest BCUT2D eigenvalue weighted by Crippen LogP contribution is -2.30. The van der Waals surface area contributed by atoms with Crippen molar-refractivity contribution in [3.63, 3.8) is 0 Å². The number of unbranched alkanes of at least 4 members (excludes halogenated alkanes) is 44. The third kappa shape index (κ3) is 73.6. The molecule has 0 fully saturated rings. The first-order chi connectivity index (χ1) is 47.9. The molecular weight excluding hydrogens is 1290 g/mol. The molecule has 0 saturated carbocycles. The summed E-state index contributed by atoms with van der Waals surface area (Å²) in [5, 5.41) is 10.6. The summed E-state index contributed by atoms with van der Waals surface area (Å²) in [6, 6.07) is 0. The molecular formula is C80H152O17P2. The summed E-state index contributed by atoms with van der Waals surface area (Å²) in [4.78, 5) is 73.0. The maximum atomic E-state index is 13.1. The zero-order chi connectivity index (χ0) is 72.8. The third-order valence-corrected chi connectivity index (χ3v) is 20.0. The molecule has 99 heavy (non-hydrogen) atoms. The fourth-order valence-electron chi connectivity index (χ4n) is 11.8. The number of carbonyl (C=O) groups excluding carboxylic acids is 4. The molecule has 0 aromatic heterocycles. The molecule has 0 aromatic rings. The van der Waals surface area contributed by atoms with E-state index >= 15 is 0 Å². The summed E-state index contributed by atoms with van der Waals surface area (Å²) in [5.41, 5.74) is 0. The summed E-state index contributed by atoms with van der Waals surface area (Å²) in [6.07, 6.45) is 63.2. The van der Waals surface area contributed by atoms with E-state index in [9.17, 15) is 43.2 Å². The van der Waals surface area contributed by atoms with Gasteiger partial charge in [-0.3, -0.25) is 37.3 Å². The highest BCUT2D eigenvalue weighted by molar-refractivity contribution is 7.47. The second-order valence-corrected chi connectivity index (χ2v) is 32.0. The zero-order valence-electron chi connectivity index (χ0n) is 64.3. The molecule has 0 aliphatic carbocycles. The Morgan fingerprint density at radius 3 is 0.828 bits per heavy atom. The lowest BCUT2D eigenvalue weighted by atomic mass is 10.0. The quantitative estimate of drug-likeness (QED) is 0.0169. The van der Waals surface area contributed by atoms with Gasteiger partial charge in [-0.2, -0.15) is 0 Å². The Morgan fingerprint density at radius 1 is 0.313 bits per heavy atom. The van der Waals surface area contributed by atoms with E-state index in [-0.39, 0.29) is 25.7 Å². The van der Waals surface area contributed by atoms with Gasteiger partial charge in [-0.25, -0.2) is 9.13 Å². The number of esters is 4. The smallest absolute Gasteiger partial charge is 0.462 e. The summed E-state index contributed by atoms with van der Waals surface area (Å²) < 4.78 is 68.7. The Morgan fingerprint density at radius 2 is 0.545 bits per heavy atom. The highest BCUT2D eigenvalue weighted by Crippen LogP contribution is 2.45. The molecule has 19 heteroatoms. The number of aliphatic hydroxyl groups is 1. The van der Waals surface area contributed by atoms with Gasteiger partial charge in [0.05, 0.1) is 26.4 Å². The monoisotopic (exact) mass is 1450 g/mol. The Bertz CT molecular complexity index is 2000. The minimum Gasteiger partial charge on any atom is -0.462 e. The maximum absolute atomic E-state index is 13.1. The number of hydrogen-bond acceptors (Lipinski definition) is 15. The van der Waals surface area contributed by atoms with Crippen LogP contribution in [0.5, 0.6) is 0 Å². The van der Waals surface area contributed by atoms with Crippen molar-refractivity contribution in [2.24, 2.45) is 11.8 Å². The predicted molar refractivity (Wildman–Crippen MR) is 404 cm³/mol. The Hall–Kier alpha value is -2.46. The summed E-state index contributed by atoms with van der Waals surface area (Å²) in [6.45, 7) is 9.54. The van der Waals surface area contributed by atoms with Gasteiger partial charge < -0.3 is 33.8 Å². The molecule has 0 heterocycles. The Labute approximate surface area is 605 Å². The average molecular weight is 1450 g/mol. The van der Waals surface area contributed by atoms with Gasteiger partial charge >= 0.3 is 39.5 Å². The number of rotatable bonds is 77. The van der Waals surface area contributed by atoms with Crippen LogP contribution in [0.4, 0.5) is 0 Å². The van der Waals surface area contributed by atoms with Gasteiger partial charge in [-0.05, 0) is 63.2 Å². The van der Waals surface area contributed by atoms with E-state index in [1.54, 1.807) is 0 Å². The van der Waals surface area contributed by atoms with Gasteiger partial charge in [0.2, 0.25) is 0 Å². The predicted octanol–water partition coefficient (Wildman–Crippen LogP) is 23.4. The lowest BCUT2D eigenvalue weighted by molar-refractivity contribution is -0.161. The van der Waals surface area contributed by atoms with Crippen LogP contribution in [0, 0.1) is 11.8 Å². The molecule has 17 nitrogen and oxygen atoms in total. The van der Waals surface area contributed by atoms with Gasteiger partial charge in [0.1, 0.15) is 19.3 Å². The SMILES string of the molecule is CCCCCC/C=C\C=C/CCCCCCCC(=O)OC[C@H](COP(=O)(O)OC[C@@H](O)COP(=O)(O)OC[C@@H](COC(=O)CCCCCCCCCCCC(C)C)OC(=O)CCCCCCCCCCCCCC(C)C)OC(=O)CCCCCCCCCCCCCCCCCCCC. The van der Waals surface area contributed by atoms with Crippen molar-refractivity contribution in [1.29, 1.82) is 0 Å². The first kappa shape index (κ1) is 96.5. The van der Waals surface area contributed by atoms with Crippen molar-refractivity contribution in [1.82, 2.24) is 0 Å². The molecule has 0 aromatic carbocycles. The Balaban J connectivity index is 5.29. The van der Waals surface area contributed by atoms with Crippen LogP contribution in [-0.2, 0) is 65.4 Å². The Kier molecular flexibility index (Phi) is 69.4. The topological polar surface area (TPSA) is 237 Å². The van der Waals surface area contributed by atoms with E-state index < -0.39 is 97.5 Å². The number of ether oxygens (including phenoxy) is 4. The summed E-state index contributed by atoms with van der Waals surface area (Å²) in [5.74, 6) is -0.634. The molecule has 584 valence electrons. The van der Waals surface area contributed by atoms with Crippen molar-refractivity contribution in [3.8, 4) is 0 Å². The molecule has 3 N–H and O–H groups in total. The minimum atomic E-state index is -4.97. The molecule has 0 spiro atoms. The number of phosphoric ester groups is 2. The van der Waals surface area contributed by atoms with Crippen LogP contribution in [0.25, 0.3) is 0 Å². The molecule has 5 atom stereocenters. The first-order valence-corrected chi connectivity index (χ1v) is 43.8. The molecule has 0 rings (SSSR count). The van der Waals surface area contributed by atoms with Gasteiger partial charge in [0, 0.05) is 25.7 Å². The summed E-state index contributed by atoms with van der Waals surface area (Å²) in [7, 11) is -9.93. The summed E-state index contributed by atoms with van der Waals surface area (Å²) >= 11 is 0. The highest BCUT2D eigenvalue weighted by Gasteiger charge is 2.30. The van der Waals surface area contributed by atoms with Gasteiger partial charge in [0.25, 0.3) is 0 Å². The second kappa shape index (κ2) is 71.2. The fourth-order valence-corrected chi connectivity index (χ4v) is 13.4. The van der Waals surface area contributed by atoms with E-state index in [1.807, 2.05) is 0 Å². The van der Waals surface area contributed by atoms with Crippen LogP contribution in [0.15, 0.2) is 24.3 Å². The van der Waals surface area contributed by atoms with Crippen molar-refractivity contribution < 1.29 is 80.2 Å². The van der Waals surface area contributed by atoms with Crippen LogP contribution in [0.1, 0.15) is 395 Å². The van der Waals surface area contributed by atoms with E-state index in [1.165, 1.54) is 193 Å². The van der Waals surface area contributed by atoms with E-state index in [0.29, 0.717) is 25.7 Å². The highest BCUT2D eigenvalue weighted by atomic mass is 31.2. The molecule has 0 bridgehead atoms. The lowest BCUT2D eigenvalue weighted by Gasteiger charge is -2.21. The first-order valence-electron chi connectivity index (χ1n) is 40.8. The fraction of sp³-hybridized carbons (Fsp3) is 0.900. The zero-order valence-corrected chi connectivity index (χ0v) is 66.1. The van der Waals surface area contributed by atoms with Gasteiger partial charge in [-0.1, -0.05) is 342 Å². The minimum absolute atomic E-state index is 0.102. The number of carbonyl (C=O) groups is 4. The van der Waals surface area contributed by atoms with Gasteiger partial charge in [-0.15, -0.1) is 0 Å². The largest absolute Gasteiger partial charge is 0.472 e. The molecule has 2 unspecified atom stereocenters. The van der Waals surface area contributed by atoms with Crippen LogP contribution in [0.2, 0.25) is 0 Å². The van der Waals surface area contributed by atoms with Gasteiger partial charge in [0.15, 0.2) is 12.2 Å². The molecule has 0 saturated heterocycles. The second-order valence-electron chi connectivity index (χ2n) is 29.1. The van der Waals surface area contributed by atoms with Crippen molar-refractivity contribution in [3.05, 3.63) is 24.3 Å². The van der Waals surface area contributed by atoms with Crippen LogP contribution in [-0.4, -0.2) is 96.7 Å². The van der Waals surface area contributed by atoms with Crippen molar-refractivity contribution >= 4 is 39.5 Å². The van der Waals surface area contributed by atoms with Crippen LogP contribution in [0.3, 0.4) is 0 Å². The number of aliphatic hydroxyl groups excluding tert-OH is 1.